The van der Waals surface area contributed by atoms with Gasteiger partial charge >= 0.3 is 24.4 Å². The molecule has 0 aliphatic heterocycles. The molecule has 1 rings (SSSR count). The highest BCUT2D eigenvalue weighted by molar-refractivity contribution is 7.86. The molecule has 15 nitrogen and oxygen atoms in total. The number of amides is 4. The van der Waals surface area contributed by atoms with E-state index in [0.29, 0.717) is 25.7 Å². The molecule has 0 heterocycles. The second-order valence-electron chi connectivity index (χ2n) is 17.9. The van der Waals surface area contributed by atoms with Crippen LogP contribution in [-0.2, 0) is 33.2 Å². The molecule has 0 saturated carbocycles. The number of benzene rings is 1. The van der Waals surface area contributed by atoms with Gasteiger partial charge in [-0.05, 0) is 121 Å². The summed E-state index contributed by atoms with van der Waals surface area (Å²) in [5.41, 5.74) is -2.06. The lowest BCUT2D eigenvalue weighted by Crippen LogP contribution is -2.48. The zero-order chi connectivity index (χ0) is 43.0. The first-order valence-electron chi connectivity index (χ1n) is 19.4. The monoisotopic (exact) mass is 814 g/mol. The second-order valence-corrected chi connectivity index (χ2v) is 19.5. The molecular weight excluding hydrogens is 745 g/mol. The SMILES string of the molecule is Cc1ccc(S(=O)(=O)OCCCCCCC(CN(CCNC(=O)OC(C)(C)C)C(=O)OC(C)(C)C)CN(CCNC(=O)OC(C)(C)C)C(=O)OC(C)(C)C)cc1. The van der Waals surface area contributed by atoms with Crippen LogP contribution in [0.5, 0.6) is 0 Å². The number of alkyl carbamates (subject to hydrolysis) is 2. The van der Waals surface area contributed by atoms with Gasteiger partial charge in [-0.2, -0.15) is 8.42 Å². The van der Waals surface area contributed by atoms with Gasteiger partial charge in [-0.25, -0.2) is 19.2 Å². The summed E-state index contributed by atoms with van der Waals surface area (Å²) in [4.78, 5) is 55.0. The van der Waals surface area contributed by atoms with Crippen LogP contribution in [0.25, 0.3) is 0 Å². The van der Waals surface area contributed by atoms with E-state index in [1.807, 2.05) is 6.92 Å². The summed E-state index contributed by atoms with van der Waals surface area (Å²) in [6.07, 6.45) is 0.754. The number of carbonyl (C=O) groups excluding carboxylic acids is 4. The van der Waals surface area contributed by atoms with Crippen molar-refractivity contribution in [3.8, 4) is 0 Å². The van der Waals surface area contributed by atoms with E-state index in [1.165, 1.54) is 21.9 Å². The van der Waals surface area contributed by atoms with Crippen LogP contribution in [-0.4, -0.2) is 111 Å². The number of ether oxygens (including phenoxy) is 4. The van der Waals surface area contributed by atoms with E-state index in [0.717, 1.165) is 12.0 Å². The summed E-state index contributed by atoms with van der Waals surface area (Å²) in [7, 11) is -3.86. The molecule has 1 aromatic rings. The van der Waals surface area contributed by atoms with Crippen LogP contribution < -0.4 is 10.6 Å². The number of hydrogen-bond acceptors (Lipinski definition) is 11. The van der Waals surface area contributed by atoms with Gasteiger partial charge in [-0.1, -0.05) is 37.0 Å². The van der Waals surface area contributed by atoms with Gasteiger partial charge in [0, 0.05) is 39.3 Å². The van der Waals surface area contributed by atoms with Gasteiger partial charge in [0.1, 0.15) is 22.4 Å². The van der Waals surface area contributed by atoms with E-state index in [4.69, 9.17) is 23.1 Å². The number of nitrogens with one attached hydrogen (secondary N) is 2. The predicted molar refractivity (Wildman–Crippen MR) is 215 cm³/mol. The third kappa shape index (κ3) is 24.0. The molecule has 0 fully saturated rings. The average Bonchev–Trinajstić information content (AvgIpc) is 2.99. The zero-order valence-corrected chi connectivity index (χ0v) is 37.0. The van der Waals surface area contributed by atoms with Gasteiger partial charge in [0.05, 0.1) is 11.5 Å². The molecule has 0 atom stereocenters. The molecule has 0 radical (unpaired) electrons. The summed E-state index contributed by atoms with van der Waals surface area (Å²) in [5, 5.41) is 5.39. The average molecular weight is 815 g/mol. The summed E-state index contributed by atoms with van der Waals surface area (Å²) >= 11 is 0. The van der Waals surface area contributed by atoms with Gasteiger partial charge in [-0.3, -0.25) is 4.18 Å². The molecule has 2 N–H and O–H groups in total. The zero-order valence-electron chi connectivity index (χ0n) is 36.2. The Hall–Kier alpha value is -3.79. The van der Waals surface area contributed by atoms with Crippen molar-refractivity contribution in [1.29, 1.82) is 0 Å². The highest BCUT2D eigenvalue weighted by Crippen LogP contribution is 2.20. The lowest BCUT2D eigenvalue weighted by Gasteiger charge is -2.34. The molecule has 0 aliphatic rings. The first kappa shape index (κ1) is 50.2. The molecule has 16 heteroatoms. The quantitative estimate of drug-likeness (QED) is 0.0791. The maximum atomic E-state index is 13.5. The number of aryl methyl sites for hydroxylation is 1. The molecule has 4 amide bonds. The number of nitrogens with zero attached hydrogens (tertiary/aromatic N) is 2. The molecule has 0 aromatic heterocycles. The normalized spacial score (nSPS) is 12.5. The van der Waals surface area contributed by atoms with Crippen molar-refractivity contribution in [2.75, 3.05) is 45.9 Å². The number of rotatable bonds is 19. The first-order valence-corrected chi connectivity index (χ1v) is 20.8. The molecule has 56 heavy (non-hydrogen) atoms. The molecule has 0 aliphatic carbocycles. The van der Waals surface area contributed by atoms with Crippen molar-refractivity contribution in [3.05, 3.63) is 29.8 Å². The van der Waals surface area contributed by atoms with Crippen molar-refractivity contribution >= 4 is 34.5 Å². The Morgan fingerprint density at radius 2 is 1.00 bits per heavy atom. The van der Waals surface area contributed by atoms with E-state index in [1.54, 1.807) is 95.2 Å². The van der Waals surface area contributed by atoms with Crippen LogP contribution in [0.1, 0.15) is 121 Å². The first-order chi connectivity index (χ1) is 25.6. The van der Waals surface area contributed by atoms with Crippen LogP contribution in [0, 0.1) is 12.8 Å². The third-order valence-corrected chi connectivity index (χ3v) is 8.74. The van der Waals surface area contributed by atoms with Crippen LogP contribution in [0.2, 0.25) is 0 Å². The maximum absolute atomic E-state index is 13.5. The number of unbranched alkanes of at least 4 members (excludes halogenated alkanes) is 3. The topological polar surface area (TPSA) is 179 Å². The Morgan fingerprint density at radius 1 is 0.607 bits per heavy atom. The van der Waals surface area contributed by atoms with Gasteiger partial charge < -0.3 is 39.4 Å². The molecule has 1 aromatic carbocycles. The third-order valence-electron chi connectivity index (χ3n) is 7.42. The summed E-state index contributed by atoms with van der Waals surface area (Å²) in [6.45, 7) is 23.7. The van der Waals surface area contributed by atoms with Crippen molar-refractivity contribution < 1.29 is 50.7 Å². The summed E-state index contributed by atoms with van der Waals surface area (Å²) < 4.78 is 52.6. The minimum atomic E-state index is -3.86. The fraction of sp³-hybridized carbons (Fsp3) is 0.750. The van der Waals surface area contributed by atoms with Crippen molar-refractivity contribution in [1.82, 2.24) is 20.4 Å². The smallest absolute Gasteiger partial charge is 0.410 e. The molecule has 322 valence electrons. The molecule has 0 unspecified atom stereocenters. The van der Waals surface area contributed by atoms with Crippen LogP contribution in [0.4, 0.5) is 19.2 Å². The Balaban J connectivity index is 3.20. The van der Waals surface area contributed by atoms with Crippen molar-refractivity contribution in [3.63, 3.8) is 0 Å². The van der Waals surface area contributed by atoms with E-state index < -0.39 is 56.9 Å². The minimum Gasteiger partial charge on any atom is -0.444 e. The highest BCUT2D eigenvalue weighted by atomic mass is 32.2. The van der Waals surface area contributed by atoms with Gasteiger partial charge in [-0.15, -0.1) is 0 Å². The van der Waals surface area contributed by atoms with Gasteiger partial charge in [0.15, 0.2) is 0 Å². The van der Waals surface area contributed by atoms with Crippen molar-refractivity contribution in [2.45, 2.75) is 149 Å². The summed E-state index contributed by atoms with van der Waals surface area (Å²) in [6, 6.07) is 6.48. The summed E-state index contributed by atoms with van der Waals surface area (Å²) in [5.74, 6) is -0.295. The molecule has 0 bridgehead atoms. The van der Waals surface area contributed by atoms with E-state index in [-0.39, 0.29) is 56.7 Å². The number of carbonyl (C=O) groups is 4. The largest absolute Gasteiger partial charge is 0.444 e. The van der Waals surface area contributed by atoms with Crippen LogP contribution in [0.3, 0.4) is 0 Å². The van der Waals surface area contributed by atoms with E-state index in [9.17, 15) is 27.6 Å². The van der Waals surface area contributed by atoms with Crippen LogP contribution >= 0.6 is 0 Å². The molecule has 0 spiro atoms. The Kier molecular flexibility index (Phi) is 19.9. The van der Waals surface area contributed by atoms with E-state index in [2.05, 4.69) is 10.6 Å². The lowest BCUT2D eigenvalue weighted by molar-refractivity contribution is 0.0130. The van der Waals surface area contributed by atoms with Gasteiger partial charge in [0.2, 0.25) is 0 Å². The fourth-order valence-corrected chi connectivity index (χ4v) is 6.02. The molecular formula is C40H70N4O11S. The Morgan fingerprint density at radius 3 is 1.39 bits per heavy atom. The lowest BCUT2D eigenvalue weighted by atomic mass is 9.99. The maximum Gasteiger partial charge on any atom is 0.410 e. The van der Waals surface area contributed by atoms with Crippen molar-refractivity contribution in [2.24, 2.45) is 5.92 Å². The standard InChI is InChI=1S/C40H70N4O11S/c1-30-19-21-32(22-20-30)56(49,50)51-27-17-15-14-16-18-31(28-43(35(47)54-39(8,9)10)25-23-41-33(45)52-37(2,3)4)29-44(36(48)55-40(11,12)13)26-24-42-34(46)53-38(5,6)7/h19-22,31H,14-18,23-29H2,1-13H3,(H,41,45)(H,42,46). The number of hydrogen-bond donors (Lipinski definition) is 2. The van der Waals surface area contributed by atoms with Crippen LogP contribution in [0.15, 0.2) is 29.2 Å². The van der Waals surface area contributed by atoms with Gasteiger partial charge in [0.25, 0.3) is 10.1 Å². The van der Waals surface area contributed by atoms with E-state index >= 15 is 0 Å². The predicted octanol–water partition coefficient (Wildman–Crippen LogP) is 7.79. The molecule has 0 saturated heterocycles. The highest BCUT2D eigenvalue weighted by Gasteiger charge is 2.29. The minimum absolute atomic E-state index is 0.0355. The Labute approximate surface area is 336 Å². The second kappa shape index (κ2) is 22.2. The fourth-order valence-electron chi connectivity index (χ4n) is 5.08. The Bertz CT molecular complexity index is 1420.